The van der Waals surface area contributed by atoms with Crippen LogP contribution in [0, 0.1) is 6.92 Å². The van der Waals surface area contributed by atoms with E-state index in [0.29, 0.717) is 5.69 Å². The van der Waals surface area contributed by atoms with Gasteiger partial charge in [0.15, 0.2) is 6.61 Å². The third kappa shape index (κ3) is 4.35. The van der Waals surface area contributed by atoms with E-state index in [9.17, 15) is 14.7 Å². The maximum atomic E-state index is 11.7. The number of ether oxygens (including phenoxy) is 1. The van der Waals surface area contributed by atoms with Gasteiger partial charge in [0.05, 0.1) is 5.56 Å². The molecule has 21 heavy (non-hydrogen) atoms. The van der Waals surface area contributed by atoms with Crippen LogP contribution in [0.15, 0.2) is 48.5 Å². The summed E-state index contributed by atoms with van der Waals surface area (Å²) in [4.78, 5) is 23.3. The topological polar surface area (TPSA) is 75.6 Å². The maximum Gasteiger partial charge on any atom is 0.338 e. The quantitative estimate of drug-likeness (QED) is 0.846. The van der Waals surface area contributed by atoms with Crippen molar-refractivity contribution >= 4 is 17.6 Å². The number of carbonyl (C=O) groups is 2. The molecule has 0 bridgehead atoms. The maximum absolute atomic E-state index is 11.7. The molecule has 2 aromatic rings. The standard InChI is InChI=1S/C16H15NO4/c1-11-5-7-13(8-6-11)17-15(19)10-21-16(20)12-3-2-4-14(18)9-12/h2-9,18H,10H2,1H3,(H,17,19). The number of amides is 1. The molecule has 0 atom stereocenters. The number of carbonyl (C=O) groups excluding carboxylic acids is 2. The molecule has 2 aromatic carbocycles. The molecule has 0 spiro atoms. The Morgan fingerprint density at radius 2 is 1.86 bits per heavy atom. The Labute approximate surface area is 122 Å². The second kappa shape index (κ2) is 6.56. The third-order valence-corrected chi connectivity index (χ3v) is 2.75. The summed E-state index contributed by atoms with van der Waals surface area (Å²) in [5, 5.41) is 11.9. The van der Waals surface area contributed by atoms with Crippen molar-refractivity contribution in [2.75, 3.05) is 11.9 Å². The van der Waals surface area contributed by atoms with Gasteiger partial charge in [-0.3, -0.25) is 4.79 Å². The molecule has 0 saturated heterocycles. The van der Waals surface area contributed by atoms with Gasteiger partial charge in [-0.1, -0.05) is 23.8 Å². The minimum absolute atomic E-state index is 0.0337. The monoisotopic (exact) mass is 285 g/mol. The van der Waals surface area contributed by atoms with Gasteiger partial charge in [-0.2, -0.15) is 0 Å². The Hall–Kier alpha value is -2.82. The number of hydrogen-bond acceptors (Lipinski definition) is 4. The van der Waals surface area contributed by atoms with Gasteiger partial charge in [-0.25, -0.2) is 4.79 Å². The number of rotatable bonds is 4. The van der Waals surface area contributed by atoms with Crippen LogP contribution in [0.3, 0.4) is 0 Å². The largest absolute Gasteiger partial charge is 0.508 e. The molecule has 0 unspecified atom stereocenters. The summed E-state index contributed by atoms with van der Waals surface area (Å²) in [7, 11) is 0. The number of nitrogens with one attached hydrogen (secondary N) is 1. The molecule has 1 amide bonds. The fourth-order valence-corrected chi connectivity index (χ4v) is 1.68. The SMILES string of the molecule is Cc1ccc(NC(=O)COC(=O)c2cccc(O)c2)cc1. The van der Waals surface area contributed by atoms with Gasteiger partial charge in [0.1, 0.15) is 5.75 Å². The van der Waals surface area contributed by atoms with Crippen molar-refractivity contribution in [2.45, 2.75) is 6.92 Å². The van der Waals surface area contributed by atoms with Crippen LogP contribution in [0.4, 0.5) is 5.69 Å². The third-order valence-electron chi connectivity index (χ3n) is 2.75. The molecule has 5 heteroatoms. The van der Waals surface area contributed by atoms with Gasteiger partial charge in [0.25, 0.3) is 5.91 Å². The lowest BCUT2D eigenvalue weighted by Crippen LogP contribution is -2.20. The molecule has 0 heterocycles. The van der Waals surface area contributed by atoms with Gasteiger partial charge in [0.2, 0.25) is 0 Å². The van der Waals surface area contributed by atoms with E-state index >= 15 is 0 Å². The van der Waals surface area contributed by atoms with Crippen LogP contribution < -0.4 is 5.32 Å². The van der Waals surface area contributed by atoms with Crippen LogP contribution in [0.1, 0.15) is 15.9 Å². The van der Waals surface area contributed by atoms with Crippen LogP contribution >= 0.6 is 0 Å². The number of phenolic OH excluding ortho intramolecular Hbond substituents is 1. The van der Waals surface area contributed by atoms with E-state index in [1.54, 1.807) is 12.1 Å². The zero-order chi connectivity index (χ0) is 15.2. The molecule has 2 rings (SSSR count). The van der Waals surface area contributed by atoms with Crippen molar-refractivity contribution in [1.82, 2.24) is 0 Å². The number of hydrogen-bond donors (Lipinski definition) is 2. The van der Waals surface area contributed by atoms with Crippen molar-refractivity contribution in [2.24, 2.45) is 0 Å². The second-order valence-corrected chi connectivity index (χ2v) is 4.54. The summed E-state index contributed by atoms with van der Waals surface area (Å²) < 4.78 is 4.88. The van der Waals surface area contributed by atoms with Gasteiger partial charge in [-0.05, 0) is 37.3 Å². The number of anilines is 1. The second-order valence-electron chi connectivity index (χ2n) is 4.54. The molecule has 2 N–H and O–H groups in total. The first-order valence-corrected chi connectivity index (χ1v) is 6.37. The lowest BCUT2D eigenvalue weighted by molar-refractivity contribution is -0.119. The van der Waals surface area contributed by atoms with E-state index in [2.05, 4.69) is 5.32 Å². The van der Waals surface area contributed by atoms with Gasteiger partial charge in [0, 0.05) is 5.69 Å². The van der Waals surface area contributed by atoms with E-state index in [4.69, 9.17) is 4.74 Å². The smallest absolute Gasteiger partial charge is 0.338 e. The highest BCUT2D eigenvalue weighted by Gasteiger charge is 2.10. The van der Waals surface area contributed by atoms with Crippen LogP contribution in [0.2, 0.25) is 0 Å². The summed E-state index contributed by atoms with van der Waals surface area (Å²) in [6.07, 6.45) is 0. The van der Waals surface area contributed by atoms with Crippen molar-refractivity contribution in [1.29, 1.82) is 0 Å². The van der Waals surface area contributed by atoms with E-state index in [-0.39, 0.29) is 17.9 Å². The van der Waals surface area contributed by atoms with Crippen LogP contribution in [-0.4, -0.2) is 23.6 Å². The highest BCUT2D eigenvalue weighted by Crippen LogP contribution is 2.12. The predicted octanol–water partition coefficient (Wildman–Crippen LogP) is 2.50. The normalized spacial score (nSPS) is 9.95. The molecule has 0 aromatic heterocycles. The minimum atomic E-state index is -0.662. The molecule has 0 radical (unpaired) electrons. The van der Waals surface area contributed by atoms with Crippen molar-refractivity contribution in [3.8, 4) is 5.75 Å². The fourth-order valence-electron chi connectivity index (χ4n) is 1.68. The zero-order valence-corrected chi connectivity index (χ0v) is 11.5. The Balaban J connectivity index is 1.86. The van der Waals surface area contributed by atoms with E-state index in [1.165, 1.54) is 24.3 Å². The van der Waals surface area contributed by atoms with Crippen molar-refractivity contribution in [3.63, 3.8) is 0 Å². The Bertz CT molecular complexity index is 650. The molecular formula is C16H15NO4. The highest BCUT2D eigenvalue weighted by molar-refractivity contribution is 5.95. The van der Waals surface area contributed by atoms with Crippen LogP contribution in [0.5, 0.6) is 5.75 Å². The number of aromatic hydroxyl groups is 1. The van der Waals surface area contributed by atoms with Gasteiger partial charge in [-0.15, -0.1) is 0 Å². The molecule has 108 valence electrons. The molecule has 0 aliphatic carbocycles. The molecule has 5 nitrogen and oxygen atoms in total. The average molecular weight is 285 g/mol. The average Bonchev–Trinajstić information content (AvgIpc) is 2.47. The summed E-state index contributed by atoms with van der Waals surface area (Å²) in [5.41, 5.74) is 1.92. The molecule has 0 saturated carbocycles. The molecule has 0 aliphatic heterocycles. The number of benzene rings is 2. The number of phenols is 1. The lowest BCUT2D eigenvalue weighted by atomic mass is 10.2. The van der Waals surface area contributed by atoms with Crippen molar-refractivity contribution in [3.05, 3.63) is 59.7 Å². The summed E-state index contributed by atoms with van der Waals surface area (Å²) in [6.45, 7) is 1.56. The molecular weight excluding hydrogens is 270 g/mol. The van der Waals surface area contributed by atoms with Crippen LogP contribution in [-0.2, 0) is 9.53 Å². The Kier molecular flexibility index (Phi) is 4.56. The van der Waals surface area contributed by atoms with Gasteiger partial charge >= 0.3 is 5.97 Å². The molecule has 0 aliphatic rings. The summed E-state index contributed by atoms with van der Waals surface area (Å²) in [6, 6.07) is 13.0. The zero-order valence-electron chi connectivity index (χ0n) is 11.5. The lowest BCUT2D eigenvalue weighted by Gasteiger charge is -2.07. The molecule has 0 fully saturated rings. The van der Waals surface area contributed by atoms with E-state index in [0.717, 1.165) is 5.56 Å². The number of esters is 1. The first-order valence-electron chi connectivity index (χ1n) is 6.37. The summed E-state index contributed by atoms with van der Waals surface area (Å²) in [5.74, 6) is -1.12. The fraction of sp³-hybridized carbons (Fsp3) is 0.125. The van der Waals surface area contributed by atoms with Crippen LogP contribution in [0.25, 0.3) is 0 Å². The van der Waals surface area contributed by atoms with E-state index in [1.807, 2.05) is 19.1 Å². The van der Waals surface area contributed by atoms with Gasteiger partial charge < -0.3 is 15.2 Å². The minimum Gasteiger partial charge on any atom is -0.508 e. The Morgan fingerprint density at radius 1 is 1.14 bits per heavy atom. The highest BCUT2D eigenvalue weighted by atomic mass is 16.5. The first kappa shape index (κ1) is 14.6. The Morgan fingerprint density at radius 3 is 2.52 bits per heavy atom. The summed E-state index contributed by atoms with van der Waals surface area (Å²) >= 11 is 0. The van der Waals surface area contributed by atoms with E-state index < -0.39 is 11.9 Å². The van der Waals surface area contributed by atoms with Crippen molar-refractivity contribution < 1.29 is 19.4 Å². The number of aryl methyl sites for hydroxylation is 1. The predicted molar refractivity (Wildman–Crippen MR) is 78.2 cm³/mol. The first-order chi connectivity index (χ1) is 10.0.